The number of nitrogens with one attached hydrogen (secondary N) is 1. The van der Waals surface area contributed by atoms with E-state index in [9.17, 15) is 0 Å². The number of anilines is 3. The molecular weight excluding hydrogens is 438 g/mol. The second-order valence-corrected chi connectivity index (χ2v) is 8.93. The highest BCUT2D eigenvalue weighted by Gasteiger charge is 2.30. The van der Waals surface area contributed by atoms with E-state index in [2.05, 4.69) is 63.8 Å². The minimum Gasteiger partial charge on any atom is -0.487 e. The smallest absolute Gasteiger partial charge is 0.229 e. The van der Waals surface area contributed by atoms with Crippen LogP contribution < -0.4 is 15.0 Å². The van der Waals surface area contributed by atoms with Gasteiger partial charge < -0.3 is 15.0 Å². The van der Waals surface area contributed by atoms with Gasteiger partial charge in [-0.3, -0.25) is 0 Å². The second kappa shape index (κ2) is 8.87. The van der Waals surface area contributed by atoms with Gasteiger partial charge in [-0.05, 0) is 43.5 Å². The predicted molar refractivity (Wildman–Crippen MR) is 136 cm³/mol. The number of nitrogens with zero attached hydrogens (tertiary/aromatic N) is 6. The van der Waals surface area contributed by atoms with Gasteiger partial charge in [-0.1, -0.05) is 36.4 Å². The first-order valence-electron chi connectivity index (χ1n) is 11.9. The van der Waals surface area contributed by atoms with E-state index in [1.807, 2.05) is 31.2 Å². The zero-order valence-electron chi connectivity index (χ0n) is 19.8. The number of hydrogen-bond acceptors (Lipinski definition) is 7. The third-order valence-electron chi connectivity index (χ3n) is 6.64. The molecule has 2 aromatic carbocycles. The van der Waals surface area contributed by atoms with E-state index in [0.717, 1.165) is 48.1 Å². The highest BCUT2D eigenvalue weighted by atomic mass is 16.5. The summed E-state index contributed by atoms with van der Waals surface area (Å²) in [5.74, 6) is 3.35. The molecule has 0 amide bonds. The molecule has 8 heteroatoms. The Morgan fingerprint density at radius 1 is 1.06 bits per heavy atom. The fourth-order valence-electron chi connectivity index (χ4n) is 4.90. The molecule has 35 heavy (non-hydrogen) atoms. The molecule has 0 radical (unpaired) electrons. The summed E-state index contributed by atoms with van der Waals surface area (Å²) >= 11 is 0. The average molecular weight is 466 g/mol. The molecule has 0 spiro atoms. The Kier molecular flexibility index (Phi) is 5.41. The van der Waals surface area contributed by atoms with Crippen molar-refractivity contribution in [3.05, 3.63) is 89.7 Å². The lowest BCUT2D eigenvalue weighted by molar-refractivity contribution is 0.360. The fraction of sp³-hybridized carbons (Fsp3) is 0.259. The number of likely N-dealkylation sites (N-methyl/N-ethyl adjacent to an activating group) is 1. The lowest BCUT2D eigenvalue weighted by Gasteiger charge is -2.21. The van der Waals surface area contributed by atoms with Crippen molar-refractivity contribution in [3.63, 3.8) is 0 Å². The Hall–Kier alpha value is -4.20. The Labute approximate surface area is 204 Å². The maximum Gasteiger partial charge on any atom is 0.229 e. The minimum atomic E-state index is 0.268. The van der Waals surface area contributed by atoms with Gasteiger partial charge >= 0.3 is 0 Å². The van der Waals surface area contributed by atoms with Crippen molar-refractivity contribution in [1.29, 1.82) is 0 Å². The SMILES string of the molecule is Cc1ncnn1-c1ccc2cc1OC/C=C\CN(C)c1nc(nc3c1CCC3c1ccccc1)N2. The van der Waals surface area contributed by atoms with Crippen molar-refractivity contribution in [1.82, 2.24) is 24.7 Å². The summed E-state index contributed by atoms with van der Waals surface area (Å²) in [5, 5.41) is 7.79. The lowest BCUT2D eigenvalue weighted by Crippen LogP contribution is -2.21. The van der Waals surface area contributed by atoms with Crippen LogP contribution in [0.15, 0.2) is 67.0 Å². The van der Waals surface area contributed by atoms with Crippen molar-refractivity contribution >= 4 is 17.5 Å². The lowest BCUT2D eigenvalue weighted by atomic mass is 9.97. The topological polar surface area (TPSA) is 81.0 Å². The van der Waals surface area contributed by atoms with Crippen molar-refractivity contribution in [2.75, 3.05) is 30.4 Å². The predicted octanol–water partition coefficient (Wildman–Crippen LogP) is 4.57. The minimum absolute atomic E-state index is 0.268. The Balaban J connectivity index is 1.44. The molecule has 1 aliphatic carbocycles. The standard InChI is InChI=1S/C27H27N7O/c1-18-28-17-29-34(18)23-13-10-20-16-24(23)35-15-7-6-14-33(2)26-22-12-11-21(19-8-4-3-5-9-19)25(22)31-27(30-20)32-26/h3-10,13,16-17,21H,11-12,14-15H2,1-2H3,(H,30,31,32)/b7-6-. The van der Waals surface area contributed by atoms with Gasteiger partial charge in [-0.15, -0.1) is 0 Å². The van der Waals surface area contributed by atoms with Crippen LogP contribution in [0.25, 0.3) is 5.69 Å². The summed E-state index contributed by atoms with van der Waals surface area (Å²) in [4.78, 5) is 16.4. The molecule has 0 saturated carbocycles. The molecule has 2 aliphatic rings. The monoisotopic (exact) mass is 465 g/mol. The molecule has 1 unspecified atom stereocenters. The van der Waals surface area contributed by atoms with E-state index in [-0.39, 0.29) is 5.92 Å². The molecule has 1 aliphatic heterocycles. The van der Waals surface area contributed by atoms with Crippen molar-refractivity contribution in [2.45, 2.75) is 25.7 Å². The molecule has 2 aromatic heterocycles. The van der Waals surface area contributed by atoms with E-state index < -0.39 is 0 Å². The van der Waals surface area contributed by atoms with Gasteiger partial charge in [-0.2, -0.15) is 10.1 Å². The van der Waals surface area contributed by atoms with Crippen LogP contribution in [0.5, 0.6) is 5.75 Å². The van der Waals surface area contributed by atoms with Gasteiger partial charge in [0.15, 0.2) is 0 Å². The molecule has 6 rings (SSSR count). The molecule has 8 nitrogen and oxygen atoms in total. The third-order valence-corrected chi connectivity index (χ3v) is 6.64. The summed E-state index contributed by atoms with van der Waals surface area (Å²) in [5.41, 5.74) is 5.34. The number of aryl methyl sites for hydroxylation is 1. The van der Waals surface area contributed by atoms with E-state index in [1.165, 1.54) is 11.1 Å². The van der Waals surface area contributed by atoms with Crippen molar-refractivity contribution in [3.8, 4) is 11.4 Å². The fourth-order valence-corrected chi connectivity index (χ4v) is 4.90. The van der Waals surface area contributed by atoms with Crippen LogP contribution in [0, 0.1) is 6.92 Å². The first-order chi connectivity index (χ1) is 17.2. The van der Waals surface area contributed by atoms with Gasteiger partial charge in [0.2, 0.25) is 5.95 Å². The van der Waals surface area contributed by atoms with E-state index in [1.54, 1.807) is 11.0 Å². The molecule has 0 fully saturated rings. The highest BCUT2D eigenvalue weighted by Crippen LogP contribution is 2.41. The van der Waals surface area contributed by atoms with E-state index >= 15 is 0 Å². The van der Waals surface area contributed by atoms with Crippen LogP contribution in [-0.2, 0) is 6.42 Å². The van der Waals surface area contributed by atoms with Gasteiger partial charge in [0, 0.05) is 36.8 Å². The molecular formula is C27H27N7O. The zero-order valence-corrected chi connectivity index (χ0v) is 19.8. The van der Waals surface area contributed by atoms with Crippen LogP contribution >= 0.6 is 0 Å². The Morgan fingerprint density at radius 3 is 2.77 bits per heavy atom. The molecule has 4 bridgehead atoms. The maximum atomic E-state index is 6.14. The third kappa shape index (κ3) is 4.01. The van der Waals surface area contributed by atoms with Crippen LogP contribution in [0.4, 0.5) is 17.5 Å². The summed E-state index contributed by atoms with van der Waals surface area (Å²) in [6, 6.07) is 16.6. The number of aromatic nitrogens is 5. The van der Waals surface area contributed by atoms with Crippen LogP contribution in [0.1, 0.15) is 35.0 Å². The van der Waals surface area contributed by atoms with Crippen LogP contribution in [0.3, 0.4) is 0 Å². The van der Waals surface area contributed by atoms with Crippen LogP contribution in [0.2, 0.25) is 0 Å². The molecule has 176 valence electrons. The maximum absolute atomic E-state index is 6.14. The first-order valence-corrected chi connectivity index (χ1v) is 11.9. The Morgan fingerprint density at radius 2 is 1.94 bits per heavy atom. The van der Waals surface area contributed by atoms with Gasteiger partial charge in [0.1, 0.15) is 36.0 Å². The van der Waals surface area contributed by atoms with Crippen LogP contribution in [-0.4, -0.2) is 44.9 Å². The number of hydrogen-bond donors (Lipinski definition) is 1. The summed E-state index contributed by atoms with van der Waals surface area (Å²) in [7, 11) is 2.08. The van der Waals surface area contributed by atoms with Crippen molar-refractivity contribution < 1.29 is 4.74 Å². The summed E-state index contributed by atoms with van der Waals surface area (Å²) in [6.45, 7) is 3.11. The molecule has 1 N–H and O–H groups in total. The normalized spacial score (nSPS) is 17.9. The van der Waals surface area contributed by atoms with Crippen molar-refractivity contribution in [2.24, 2.45) is 0 Å². The molecule has 4 aromatic rings. The zero-order chi connectivity index (χ0) is 23.8. The molecule has 1 atom stereocenters. The quantitative estimate of drug-likeness (QED) is 0.434. The summed E-state index contributed by atoms with van der Waals surface area (Å²) in [6.07, 6.45) is 7.72. The first kappa shape index (κ1) is 21.3. The van der Waals surface area contributed by atoms with E-state index in [4.69, 9.17) is 14.7 Å². The molecule has 0 saturated heterocycles. The second-order valence-electron chi connectivity index (χ2n) is 8.93. The molecule has 3 heterocycles. The Bertz CT molecular complexity index is 1400. The average Bonchev–Trinajstić information content (AvgIpc) is 3.50. The van der Waals surface area contributed by atoms with E-state index in [0.29, 0.717) is 18.3 Å². The number of ether oxygens (including phenoxy) is 1. The largest absolute Gasteiger partial charge is 0.487 e. The highest BCUT2D eigenvalue weighted by molar-refractivity contribution is 5.64. The van der Waals surface area contributed by atoms with Gasteiger partial charge in [0.25, 0.3) is 0 Å². The van der Waals surface area contributed by atoms with Gasteiger partial charge in [-0.25, -0.2) is 14.6 Å². The number of fused-ring (bicyclic) bond motifs is 6. The summed E-state index contributed by atoms with van der Waals surface area (Å²) < 4.78 is 7.93. The number of rotatable bonds is 2. The number of benzene rings is 2. The van der Waals surface area contributed by atoms with Gasteiger partial charge in [0.05, 0.1) is 5.69 Å².